The quantitative estimate of drug-likeness (QED) is 0.420. The number of hydrogen-bond acceptors (Lipinski definition) is 8. The average Bonchev–Trinajstić information content (AvgIpc) is 2.62. The number of esters is 1. The molecule has 1 aromatic heterocycles. The molecule has 0 radical (unpaired) electrons. The van der Waals surface area contributed by atoms with Crippen LogP contribution in [-0.4, -0.2) is 88.6 Å². The van der Waals surface area contributed by atoms with Crippen LogP contribution in [-0.2, 0) is 9.39 Å². The summed E-state index contributed by atoms with van der Waals surface area (Å²) in [5.41, 5.74) is 0.113. The zero-order chi connectivity index (χ0) is 20.8. The van der Waals surface area contributed by atoms with Gasteiger partial charge in [-0.3, -0.25) is 0 Å². The molecule has 0 spiro atoms. The number of pyridine rings is 1. The highest BCUT2D eigenvalue weighted by Gasteiger charge is 2.38. The zero-order valence-corrected chi connectivity index (χ0v) is 16.5. The van der Waals surface area contributed by atoms with E-state index in [-0.39, 0.29) is 37.2 Å². The first-order chi connectivity index (χ1) is 13.2. The van der Waals surface area contributed by atoms with E-state index in [4.69, 9.17) is 9.39 Å². The third kappa shape index (κ3) is 5.71. The first-order valence-electron chi connectivity index (χ1n) is 9.18. The molecule has 0 atom stereocenters. The summed E-state index contributed by atoms with van der Waals surface area (Å²) < 4.78 is 10.4. The fourth-order valence-electron chi connectivity index (χ4n) is 2.86. The predicted octanol–water partition coefficient (Wildman–Crippen LogP) is -0.421. The summed E-state index contributed by atoms with van der Waals surface area (Å²) in [5.74, 6) is -0.0472. The van der Waals surface area contributed by atoms with E-state index in [1.807, 2.05) is 0 Å². The molecular formula is C15H25B3N4O6. The van der Waals surface area contributed by atoms with Crippen molar-refractivity contribution in [3.63, 3.8) is 0 Å². The molecule has 1 aromatic rings. The van der Waals surface area contributed by atoms with E-state index in [2.05, 4.69) is 9.98 Å². The van der Waals surface area contributed by atoms with E-state index in [1.54, 1.807) is 32.7 Å². The predicted molar refractivity (Wildman–Crippen MR) is 107 cm³/mol. The van der Waals surface area contributed by atoms with E-state index < -0.39 is 33.3 Å². The minimum Gasteiger partial charge on any atom is -0.461 e. The summed E-state index contributed by atoms with van der Waals surface area (Å²) in [6, 6.07) is 4.75. The molecule has 0 aromatic carbocycles. The second-order valence-electron chi connectivity index (χ2n) is 6.44. The average molecular weight is 390 g/mol. The number of hydrogen-bond donors (Lipinski definition) is 3. The van der Waals surface area contributed by atoms with Crippen molar-refractivity contribution in [1.29, 1.82) is 0 Å². The van der Waals surface area contributed by atoms with Crippen LogP contribution in [0.2, 0.25) is 20.5 Å². The van der Waals surface area contributed by atoms with E-state index in [0.717, 1.165) is 0 Å². The Hall–Kier alpha value is -2.08. The molecule has 0 amide bonds. The number of carbonyl (C=O) groups excluding carboxylic acids is 1. The molecule has 2 heterocycles. The van der Waals surface area contributed by atoms with Crippen molar-refractivity contribution in [2.45, 2.75) is 33.5 Å². The van der Waals surface area contributed by atoms with Crippen molar-refractivity contribution in [3.05, 3.63) is 23.9 Å². The Morgan fingerprint density at radius 2 is 1.82 bits per heavy atom. The lowest BCUT2D eigenvalue weighted by Gasteiger charge is -2.44. The second kappa shape index (κ2) is 9.92. The van der Waals surface area contributed by atoms with Gasteiger partial charge < -0.3 is 34.1 Å². The van der Waals surface area contributed by atoms with Crippen molar-refractivity contribution in [2.75, 3.05) is 19.7 Å². The Morgan fingerprint density at radius 3 is 2.32 bits per heavy atom. The summed E-state index contributed by atoms with van der Waals surface area (Å²) in [6.07, 6.45) is -0.457. The molecule has 0 unspecified atom stereocenters. The van der Waals surface area contributed by atoms with E-state index in [9.17, 15) is 19.9 Å². The number of nitrogens with zero attached hydrogens (tertiary/aromatic N) is 4. The van der Waals surface area contributed by atoms with Crippen molar-refractivity contribution < 1.29 is 29.3 Å². The molecule has 1 fully saturated rings. The van der Waals surface area contributed by atoms with Crippen LogP contribution in [0.15, 0.2) is 23.2 Å². The van der Waals surface area contributed by atoms with Crippen LogP contribution in [0.5, 0.6) is 0 Å². The first kappa shape index (κ1) is 22.2. The Morgan fingerprint density at radius 1 is 1.21 bits per heavy atom. The minimum absolute atomic E-state index is 0.113. The maximum atomic E-state index is 11.9. The summed E-state index contributed by atoms with van der Waals surface area (Å²) in [5, 5.41) is 29.9. The SMILES string of the molecule is CCOC(=O)c1cccc(N=C2N(B(C)O)CC(OB(C)O)CN2B(C)O)n1. The molecule has 13 heteroatoms. The molecule has 0 saturated carbocycles. The van der Waals surface area contributed by atoms with Gasteiger partial charge in [-0.25, -0.2) is 9.78 Å². The van der Waals surface area contributed by atoms with Crippen LogP contribution in [0.1, 0.15) is 17.4 Å². The van der Waals surface area contributed by atoms with Crippen LogP contribution < -0.4 is 0 Å². The molecule has 10 nitrogen and oxygen atoms in total. The number of ether oxygens (including phenoxy) is 1. The van der Waals surface area contributed by atoms with Gasteiger partial charge >= 0.3 is 27.2 Å². The largest absolute Gasteiger partial charge is 0.461 e. The van der Waals surface area contributed by atoms with Gasteiger partial charge in [-0.05, 0) is 39.5 Å². The van der Waals surface area contributed by atoms with Gasteiger partial charge in [-0.1, -0.05) is 6.07 Å². The molecule has 3 N–H and O–H groups in total. The lowest BCUT2D eigenvalue weighted by Crippen LogP contribution is -2.64. The van der Waals surface area contributed by atoms with Crippen LogP contribution in [0.25, 0.3) is 0 Å². The number of carbonyl (C=O) groups is 1. The lowest BCUT2D eigenvalue weighted by atomic mass is 9.79. The molecular weight excluding hydrogens is 365 g/mol. The fraction of sp³-hybridized carbons (Fsp3) is 0.533. The van der Waals surface area contributed by atoms with Crippen molar-refractivity contribution in [2.24, 2.45) is 4.99 Å². The van der Waals surface area contributed by atoms with Gasteiger partial charge in [-0.15, -0.1) is 0 Å². The normalized spacial score (nSPS) is 16.7. The van der Waals surface area contributed by atoms with Gasteiger partial charge in [0.05, 0.1) is 12.7 Å². The Bertz CT molecular complexity index is 686. The Labute approximate surface area is 165 Å². The summed E-state index contributed by atoms with van der Waals surface area (Å²) in [4.78, 5) is 23.6. The van der Waals surface area contributed by atoms with Crippen molar-refractivity contribution in [3.8, 4) is 0 Å². The van der Waals surface area contributed by atoms with Crippen LogP contribution in [0.3, 0.4) is 0 Å². The van der Waals surface area contributed by atoms with E-state index in [0.29, 0.717) is 0 Å². The van der Waals surface area contributed by atoms with Crippen LogP contribution >= 0.6 is 0 Å². The maximum absolute atomic E-state index is 11.9. The van der Waals surface area contributed by atoms with Gasteiger partial charge in [0.25, 0.3) is 0 Å². The first-order valence-corrected chi connectivity index (χ1v) is 9.18. The molecule has 0 aliphatic carbocycles. The van der Waals surface area contributed by atoms with E-state index in [1.165, 1.54) is 22.5 Å². The van der Waals surface area contributed by atoms with Gasteiger partial charge in [0.1, 0.15) is 0 Å². The standard InChI is InChI=1S/C15H25B3N4O6/c1-5-27-14(23)12-7-6-8-13(19-12)20-15-21(16(2)24)9-11(28-18(4)26)10-22(15)17(3)25/h6-8,11,24-26H,5,9-10H2,1-4H3. The summed E-state index contributed by atoms with van der Waals surface area (Å²) >= 11 is 0. The smallest absolute Gasteiger partial charge is 0.451 e. The van der Waals surface area contributed by atoms with Crippen LogP contribution in [0.4, 0.5) is 5.82 Å². The molecule has 0 bridgehead atoms. The maximum Gasteiger partial charge on any atom is 0.451 e. The fourth-order valence-corrected chi connectivity index (χ4v) is 2.86. The number of guanidine groups is 1. The third-order valence-electron chi connectivity index (χ3n) is 4.04. The van der Waals surface area contributed by atoms with Gasteiger partial charge in [-0.2, -0.15) is 4.99 Å². The number of aliphatic imine (C=N–C) groups is 1. The Kier molecular flexibility index (Phi) is 7.87. The molecule has 1 saturated heterocycles. The van der Waals surface area contributed by atoms with Gasteiger partial charge in [0.2, 0.25) is 0 Å². The monoisotopic (exact) mass is 390 g/mol. The van der Waals surface area contributed by atoms with Crippen LogP contribution in [0, 0.1) is 0 Å². The minimum atomic E-state index is -0.988. The highest BCUT2D eigenvalue weighted by atomic mass is 16.5. The second-order valence-corrected chi connectivity index (χ2v) is 6.44. The molecule has 150 valence electrons. The summed E-state index contributed by atoms with van der Waals surface area (Å²) in [7, 11) is -2.86. The number of aromatic nitrogens is 1. The molecule has 2 rings (SSSR count). The third-order valence-corrected chi connectivity index (χ3v) is 4.04. The lowest BCUT2D eigenvalue weighted by molar-refractivity contribution is 0.0519. The van der Waals surface area contributed by atoms with Gasteiger partial charge in [0.15, 0.2) is 17.5 Å². The number of rotatable bonds is 7. The van der Waals surface area contributed by atoms with E-state index >= 15 is 0 Å². The summed E-state index contributed by atoms with van der Waals surface area (Å²) in [6.45, 7) is 7.05. The Balaban J connectivity index is 2.38. The van der Waals surface area contributed by atoms with Gasteiger partial charge in [0, 0.05) is 13.1 Å². The highest BCUT2D eigenvalue weighted by molar-refractivity contribution is 6.54. The molecule has 1 aliphatic rings. The highest BCUT2D eigenvalue weighted by Crippen LogP contribution is 2.19. The van der Waals surface area contributed by atoms with Crippen molar-refractivity contribution >= 4 is 39.0 Å². The zero-order valence-electron chi connectivity index (χ0n) is 16.5. The molecule has 1 aliphatic heterocycles. The van der Waals surface area contributed by atoms with Crippen molar-refractivity contribution in [1.82, 2.24) is 14.6 Å². The molecule has 28 heavy (non-hydrogen) atoms. The topological polar surface area (TPSA) is 128 Å².